The number of hydrogen-bond acceptors (Lipinski definition) is 3. The van der Waals surface area contributed by atoms with Crippen LogP contribution in [-0.2, 0) is 0 Å². The molecule has 9 rings (SSSR count). The van der Waals surface area contributed by atoms with Crippen molar-refractivity contribution in [2.24, 2.45) is 0 Å². The largest absolute Gasteiger partial charge is 0.308 e. The van der Waals surface area contributed by atoms with Gasteiger partial charge in [0.15, 0.2) is 0 Å². The van der Waals surface area contributed by atoms with Crippen LogP contribution >= 0.6 is 0 Å². The van der Waals surface area contributed by atoms with Gasteiger partial charge in [-0.25, -0.2) is 0 Å². The van der Waals surface area contributed by atoms with Crippen LogP contribution in [0, 0.1) is 34.0 Å². The molecular weight excluding hydrogens is 611 g/mol. The second-order valence-corrected chi connectivity index (χ2v) is 12.3. The van der Waals surface area contributed by atoms with Gasteiger partial charge in [0.2, 0.25) is 0 Å². The van der Waals surface area contributed by atoms with Gasteiger partial charge in [0, 0.05) is 27.1 Å². The van der Waals surface area contributed by atoms with E-state index >= 15 is 0 Å². The summed E-state index contributed by atoms with van der Waals surface area (Å²) in [5, 5.41) is 34.8. The summed E-state index contributed by atoms with van der Waals surface area (Å²) in [5.74, 6) is 0. The molecule has 50 heavy (non-hydrogen) atoms. The fraction of sp³-hybridized carbons (Fsp3) is 0. The molecule has 0 amide bonds. The van der Waals surface area contributed by atoms with Gasteiger partial charge in [-0.2, -0.15) is 15.8 Å². The number of fused-ring (bicyclic) bond motifs is 6. The van der Waals surface area contributed by atoms with E-state index in [0.717, 1.165) is 77.2 Å². The quantitative estimate of drug-likeness (QED) is 0.193. The Balaban J connectivity index is 1.31. The first kappa shape index (κ1) is 28.8. The van der Waals surface area contributed by atoms with Crippen molar-refractivity contribution in [3.05, 3.63) is 168 Å². The van der Waals surface area contributed by atoms with Crippen LogP contribution in [0.25, 0.3) is 77.2 Å². The third kappa shape index (κ3) is 4.24. The SMILES string of the molecule is N#Cc1ccc2c(c1)c1ccccc1n2-c1cc(-c2ccccc2-c2cccc(C#N)c2-n2c3ccccc3c3ccccc32)ccc1C#N. The molecule has 230 valence electrons. The maximum atomic E-state index is 10.5. The molecule has 0 aliphatic heterocycles. The standard InChI is InChI=1S/C45H25N5/c46-26-29-20-23-43-39(24-29)37-15-5-6-17-40(37)49(43)44-25-30(21-22-31(44)27-47)33-11-1-2-12-34(33)38-16-9-10-32(28-48)45(38)50-41-18-7-3-13-35(41)36-14-4-8-19-42(36)50/h1-25H. The van der Waals surface area contributed by atoms with Crippen LogP contribution in [-0.4, -0.2) is 9.13 Å². The van der Waals surface area contributed by atoms with Crippen molar-refractivity contribution in [2.75, 3.05) is 0 Å². The topological polar surface area (TPSA) is 81.2 Å². The van der Waals surface area contributed by atoms with Gasteiger partial charge >= 0.3 is 0 Å². The molecule has 5 heteroatoms. The van der Waals surface area contributed by atoms with E-state index in [1.54, 1.807) is 0 Å². The van der Waals surface area contributed by atoms with Crippen molar-refractivity contribution in [3.8, 4) is 51.8 Å². The molecule has 0 N–H and O–H groups in total. The Morgan fingerprint density at radius 2 is 0.940 bits per heavy atom. The van der Waals surface area contributed by atoms with Crippen LogP contribution in [0.2, 0.25) is 0 Å². The van der Waals surface area contributed by atoms with Crippen molar-refractivity contribution in [1.82, 2.24) is 9.13 Å². The Labute approximate surface area is 287 Å². The number of hydrogen-bond donors (Lipinski definition) is 0. The molecule has 7 aromatic carbocycles. The van der Waals surface area contributed by atoms with Crippen molar-refractivity contribution >= 4 is 43.6 Å². The number of nitrogens with zero attached hydrogens (tertiary/aromatic N) is 5. The average molecular weight is 636 g/mol. The summed E-state index contributed by atoms with van der Waals surface area (Å²) in [6.07, 6.45) is 0. The fourth-order valence-electron chi connectivity index (χ4n) is 7.51. The summed E-state index contributed by atoms with van der Waals surface area (Å²) < 4.78 is 4.34. The zero-order chi connectivity index (χ0) is 33.8. The van der Waals surface area contributed by atoms with E-state index in [0.29, 0.717) is 16.7 Å². The summed E-state index contributed by atoms with van der Waals surface area (Å²) >= 11 is 0. The lowest BCUT2D eigenvalue weighted by atomic mass is 9.91. The lowest BCUT2D eigenvalue weighted by Gasteiger charge is -2.19. The van der Waals surface area contributed by atoms with E-state index in [1.165, 1.54) is 0 Å². The number of aromatic nitrogens is 2. The fourth-order valence-corrected chi connectivity index (χ4v) is 7.51. The van der Waals surface area contributed by atoms with Gasteiger partial charge in [0.25, 0.3) is 0 Å². The molecule has 9 aromatic rings. The number of benzene rings is 7. The highest BCUT2D eigenvalue weighted by atomic mass is 15.0. The van der Waals surface area contributed by atoms with Gasteiger partial charge < -0.3 is 9.13 Å². The molecule has 0 unspecified atom stereocenters. The highest BCUT2D eigenvalue weighted by Gasteiger charge is 2.21. The first-order valence-corrected chi connectivity index (χ1v) is 16.3. The van der Waals surface area contributed by atoms with Gasteiger partial charge in [0.1, 0.15) is 12.1 Å². The van der Waals surface area contributed by atoms with Crippen molar-refractivity contribution in [2.45, 2.75) is 0 Å². The van der Waals surface area contributed by atoms with Gasteiger partial charge in [-0.05, 0) is 71.3 Å². The van der Waals surface area contributed by atoms with Crippen LogP contribution in [0.5, 0.6) is 0 Å². The maximum absolute atomic E-state index is 10.5. The molecule has 0 saturated heterocycles. The number of para-hydroxylation sites is 4. The molecule has 0 atom stereocenters. The predicted molar refractivity (Wildman–Crippen MR) is 200 cm³/mol. The molecule has 2 aromatic heterocycles. The lowest BCUT2D eigenvalue weighted by Crippen LogP contribution is -2.02. The first-order valence-electron chi connectivity index (χ1n) is 16.3. The molecule has 2 heterocycles. The van der Waals surface area contributed by atoms with E-state index < -0.39 is 0 Å². The van der Waals surface area contributed by atoms with Gasteiger partial charge in [-0.15, -0.1) is 0 Å². The molecule has 0 bridgehead atoms. The Bertz CT molecular complexity index is 2920. The van der Waals surface area contributed by atoms with Gasteiger partial charge in [0.05, 0.1) is 56.2 Å². The zero-order valence-electron chi connectivity index (χ0n) is 26.7. The summed E-state index contributed by atoms with van der Waals surface area (Å²) in [6, 6.07) is 57.7. The Hall–Kier alpha value is -7.39. The first-order chi connectivity index (χ1) is 24.7. The number of nitriles is 3. The molecule has 0 aliphatic carbocycles. The van der Waals surface area contributed by atoms with E-state index in [-0.39, 0.29) is 0 Å². The van der Waals surface area contributed by atoms with Crippen LogP contribution in [0.1, 0.15) is 16.7 Å². The molecule has 0 radical (unpaired) electrons. The van der Waals surface area contributed by atoms with E-state index in [9.17, 15) is 15.8 Å². The summed E-state index contributed by atoms with van der Waals surface area (Å²) in [7, 11) is 0. The molecule has 0 aliphatic rings. The molecule has 5 nitrogen and oxygen atoms in total. The molecule has 0 spiro atoms. The monoisotopic (exact) mass is 635 g/mol. The lowest BCUT2D eigenvalue weighted by molar-refractivity contribution is 1.17. The minimum atomic E-state index is 0.538. The average Bonchev–Trinajstić information content (AvgIpc) is 3.69. The van der Waals surface area contributed by atoms with E-state index in [1.807, 2.05) is 91.0 Å². The zero-order valence-corrected chi connectivity index (χ0v) is 26.7. The third-order valence-corrected chi connectivity index (χ3v) is 9.65. The molecule has 0 fully saturated rings. The molecule has 0 saturated carbocycles. The smallest absolute Gasteiger partial charge is 0.101 e. The van der Waals surface area contributed by atoms with Crippen molar-refractivity contribution in [1.29, 1.82) is 15.8 Å². The Kier molecular flexibility index (Phi) is 6.56. The summed E-state index contributed by atoms with van der Waals surface area (Å²) in [4.78, 5) is 0. The summed E-state index contributed by atoms with van der Waals surface area (Å²) in [6.45, 7) is 0. The van der Waals surface area contributed by atoms with E-state index in [4.69, 9.17) is 0 Å². The maximum Gasteiger partial charge on any atom is 0.101 e. The number of rotatable bonds is 4. The van der Waals surface area contributed by atoms with E-state index in [2.05, 4.69) is 88.0 Å². The van der Waals surface area contributed by atoms with Crippen LogP contribution in [0.3, 0.4) is 0 Å². The van der Waals surface area contributed by atoms with Crippen molar-refractivity contribution in [3.63, 3.8) is 0 Å². The van der Waals surface area contributed by atoms with Crippen LogP contribution in [0.15, 0.2) is 152 Å². The normalized spacial score (nSPS) is 11.1. The predicted octanol–water partition coefficient (Wildman–Crippen LogP) is 10.8. The summed E-state index contributed by atoms with van der Waals surface area (Å²) in [5.41, 5.74) is 11.0. The Morgan fingerprint density at radius 3 is 1.60 bits per heavy atom. The third-order valence-electron chi connectivity index (χ3n) is 9.65. The van der Waals surface area contributed by atoms with Crippen molar-refractivity contribution < 1.29 is 0 Å². The van der Waals surface area contributed by atoms with Gasteiger partial charge in [-0.1, -0.05) is 97.1 Å². The van der Waals surface area contributed by atoms with Gasteiger partial charge in [-0.3, -0.25) is 0 Å². The highest BCUT2D eigenvalue weighted by molar-refractivity contribution is 6.11. The Morgan fingerprint density at radius 1 is 0.380 bits per heavy atom. The second-order valence-electron chi connectivity index (χ2n) is 12.3. The second kappa shape index (κ2) is 11.4. The highest BCUT2D eigenvalue weighted by Crippen LogP contribution is 2.42. The van der Waals surface area contributed by atoms with Crippen LogP contribution < -0.4 is 0 Å². The minimum Gasteiger partial charge on any atom is -0.308 e. The minimum absolute atomic E-state index is 0.538. The van der Waals surface area contributed by atoms with Crippen LogP contribution in [0.4, 0.5) is 0 Å². The molecular formula is C45H25N5.